The molecule has 6 heteroatoms. The largest absolute Gasteiger partial charge is 0.469 e. The maximum Gasteiger partial charge on any atom is 0.310 e. The number of H-pyrrole nitrogens is 1. The van der Waals surface area contributed by atoms with Crippen LogP contribution in [0.2, 0.25) is 0 Å². The molecule has 0 saturated carbocycles. The molecule has 2 saturated heterocycles. The van der Waals surface area contributed by atoms with E-state index in [1.165, 1.54) is 23.6 Å². The second kappa shape index (κ2) is 8.44. The fourth-order valence-electron chi connectivity index (χ4n) is 5.55. The molecule has 31 heavy (non-hydrogen) atoms. The van der Waals surface area contributed by atoms with Crippen LogP contribution >= 0.6 is 0 Å². The number of benzene rings is 1. The number of methoxy groups -OCH3 is 1. The maximum atomic E-state index is 12.7. The van der Waals surface area contributed by atoms with E-state index in [4.69, 9.17) is 4.74 Å². The molecule has 162 valence electrons. The van der Waals surface area contributed by atoms with Crippen LogP contribution in [-0.2, 0) is 22.6 Å². The standard InChI is InChI=1S/C25H30N4O2/c1-31-24(30)22-17-29(15-19-6-3-2-4-7-19)18-25(22)9-12-28(13-10-25)16-20-14-27-23-21(20)8-5-11-26-23/h2-8,11,14,22H,9-10,12-13,15-18H2,1H3,(H,26,27). The Bertz CT molecular complexity index is 1040. The van der Waals surface area contributed by atoms with Gasteiger partial charge < -0.3 is 9.72 Å². The number of aromatic amines is 1. The summed E-state index contributed by atoms with van der Waals surface area (Å²) < 4.78 is 5.23. The van der Waals surface area contributed by atoms with Crippen molar-refractivity contribution in [2.45, 2.75) is 25.9 Å². The topological polar surface area (TPSA) is 61.5 Å². The second-order valence-corrected chi connectivity index (χ2v) is 9.08. The van der Waals surface area contributed by atoms with Gasteiger partial charge in [-0.2, -0.15) is 0 Å². The van der Waals surface area contributed by atoms with E-state index in [0.29, 0.717) is 0 Å². The summed E-state index contributed by atoms with van der Waals surface area (Å²) in [6.45, 7) is 5.56. The van der Waals surface area contributed by atoms with Gasteiger partial charge in [0.25, 0.3) is 0 Å². The van der Waals surface area contributed by atoms with Crippen LogP contribution in [0.5, 0.6) is 0 Å². The van der Waals surface area contributed by atoms with Crippen molar-refractivity contribution in [2.24, 2.45) is 11.3 Å². The van der Waals surface area contributed by atoms with Crippen molar-refractivity contribution in [3.05, 3.63) is 66.0 Å². The van der Waals surface area contributed by atoms with Crippen LogP contribution in [0.4, 0.5) is 0 Å². The summed E-state index contributed by atoms with van der Waals surface area (Å²) >= 11 is 0. The van der Waals surface area contributed by atoms with E-state index in [9.17, 15) is 4.79 Å². The number of likely N-dealkylation sites (tertiary alicyclic amines) is 2. The number of esters is 1. The summed E-state index contributed by atoms with van der Waals surface area (Å²) in [4.78, 5) is 25.3. The van der Waals surface area contributed by atoms with E-state index in [0.717, 1.165) is 57.8 Å². The number of carbonyl (C=O) groups excluding carboxylic acids is 1. The molecule has 1 atom stereocenters. The van der Waals surface area contributed by atoms with Crippen molar-refractivity contribution in [3.63, 3.8) is 0 Å². The number of hydrogen-bond donors (Lipinski definition) is 1. The molecule has 0 amide bonds. The molecule has 2 fully saturated rings. The normalized spacial score (nSPS) is 21.6. The molecule has 4 heterocycles. The summed E-state index contributed by atoms with van der Waals surface area (Å²) in [7, 11) is 1.52. The molecule has 5 rings (SSSR count). The number of carbonyl (C=O) groups is 1. The van der Waals surface area contributed by atoms with Crippen molar-refractivity contribution in [1.82, 2.24) is 19.8 Å². The summed E-state index contributed by atoms with van der Waals surface area (Å²) in [5.41, 5.74) is 3.55. The maximum absolute atomic E-state index is 12.7. The van der Waals surface area contributed by atoms with Crippen LogP contribution in [0, 0.1) is 11.3 Å². The highest BCUT2D eigenvalue weighted by Gasteiger charge is 2.51. The van der Waals surface area contributed by atoms with Gasteiger partial charge in [0.05, 0.1) is 13.0 Å². The van der Waals surface area contributed by atoms with Crippen molar-refractivity contribution in [2.75, 3.05) is 33.3 Å². The molecule has 1 aromatic carbocycles. The van der Waals surface area contributed by atoms with Crippen LogP contribution in [0.3, 0.4) is 0 Å². The lowest BCUT2D eigenvalue weighted by Crippen LogP contribution is -2.46. The van der Waals surface area contributed by atoms with Gasteiger partial charge in [0.15, 0.2) is 0 Å². The van der Waals surface area contributed by atoms with E-state index in [-0.39, 0.29) is 17.3 Å². The summed E-state index contributed by atoms with van der Waals surface area (Å²) in [6.07, 6.45) is 5.95. The van der Waals surface area contributed by atoms with E-state index in [1.807, 2.05) is 18.3 Å². The Labute approximate surface area is 183 Å². The number of ether oxygens (including phenoxy) is 1. The minimum Gasteiger partial charge on any atom is -0.469 e. The fourth-order valence-corrected chi connectivity index (χ4v) is 5.55. The lowest BCUT2D eigenvalue weighted by molar-refractivity contribution is -0.149. The van der Waals surface area contributed by atoms with E-state index in [2.05, 4.69) is 56.3 Å². The van der Waals surface area contributed by atoms with Gasteiger partial charge in [0.1, 0.15) is 5.65 Å². The van der Waals surface area contributed by atoms with Gasteiger partial charge in [0, 0.05) is 49.4 Å². The van der Waals surface area contributed by atoms with Gasteiger partial charge in [-0.1, -0.05) is 30.3 Å². The highest BCUT2D eigenvalue weighted by atomic mass is 16.5. The number of aromatic nitrogens is 2. The number of nitrogens with zero attached hydrogens (tertiary/aromatic N) is 3. The van der Waals surface area contributed by atoms with Gasteiger partial charge in [-0.25, -0.2) is 4.98 Å². The minimum atomic E-state index is -0.0493. The molecule has 0 radical (unpaired) electrons. The monoisotopic (exact) mass is 418 g/mol. The average Bonchev–Trinajstić information content (AvgIpc) is 3.37. The number of piperidine rings is 1. The number of pyridine rings is 1. The van der Waals surface area contributed by atoms with Gasteiger partial charge in [0.2, 0.25) is 0 Å². The smallest absolute Gasteiger partial charge is 0.310 e. The number of nitrogens with one attached hydrogen (secondary N) is 1. The molecule has 6 nitrogen and oxygen atoms in total. The second-order valence-electron chi connectivity index (χ2n) is 9.08. The number of rotatable bonds is 5. The highest BCUT2D eigenvalue weighted by Crippen LogP contribution is 2.46. The number of fused-ring (bicyclic) bond motifs is 1. The fraction of sp³-hybridized carbons (Fsp3) is 0.440. The molecule has 0 aliphatic carbocycles. The predicted molar refractivity (Wildman–Crippen MR) is 120 cm³/mol. The molecular weight excluding hydrogens is 388 g/mol. The lowest BCUT2D eigenvalue weighted by Gasteiger charge is -2.41. The SMILES string of the molecule is COC(=O)C1CN(Cc2ccccc2)CC12CCN(Cc1c[nH]c3ncccc13)CC2. The molecule has 2 aromatic heterocycles. The first kappa shape index (κ1) is 20.2. The minimum absolute atomic E-state index is 0.0140. The van der Waals surface area contributed by atoms with E-state index >= 15 is 0 Å². The quantitative estimate of drug-likeness (QED) is 0.643. The van der Waals surface area contributed by atoms with E-state index < -0.39 is 0 Å². The Morgan fingerprint density at radius 2 is 1.94 bits per heavy atom. The Hall–Kier alpha value is -2.70. The molecule has 1 unspecified atom stereocenters. The highest BCUT2D eigenvalue weighted by molar-refractivity contribution is 5.79. The first-order valence-corrected chi connectivity index (χ1v) is 11.1. The first-order valence-electron chi connectivity index (χ1n) is 11.1. The van der Waals surface area contributed by atoms with Gasteiger partial charge >= 0.3 is 5.97 Å². The Morgan fingerprint density at radius 1 is 1.13 bits per heavy atom. The first-order chi connectivity index (χ1) is 15.2. The molecule has 2 aliphatic rings. The third-order valence-electron chi connectivity index (χ3n) is 7.24. The van der Waals surface area contributed by atoms with Crippen LogP contribution in [0.1, 0.15) is 24.0 Å². The van der Waals surface area contributed by atoms with E-state index in [1.54, 1.807) is 0 Å². The van der Waals surface area contributed by atoms with Crippen molar-refractivity contribution < 1.29 is 9.53 Å². The molecular formula is C25H30N4O2. The Morgan fingerprint density at radius 3 is 2.71 bits per heavy atom. The Balaban J connectivity index is 1.28. The molecule has 2 aliphatic heterocycles. The molecule has 0 bridgehead atoms. The summed E-state index contributed by atoms with van der Waals surface area (Å²) in [5.74, 6) is -0.0904. The van der Waals surface area contributed by atoms with Crippen molar-refractivity contribution >= 4 is 17.0 Å². The lowest BCUT2D eigenvalue weighted by atomic mass is 9.70. The predicted octanol–water partition coefficient (Wildman–Crippen LogP) is 3.45. The third-order valence-corrected chi connectivity index (χ3v) is 7.24. The summed E-state index contributed by atoms with van der Waals surface area (Å²) in [5, 5.41) is 1.20. The van der Waals surface area contributed by atoms with Crippen molar-refractivity contribution in [1.29, 1.82) is 0 Å². The van der Waals surface area contributed by atoms with Crippen molar-refractivity contribution in [3.8, 4) is 0 Å². The zero-order chi connectivity index (χ0) is 21.3. The zero-order valence-corrected chi connectivity index (χ0v) is 18.1. The Kier molecular flexibility index (Phi) is 5.50. The van der Waals surface area contributed by atoms with Crippen LogP contribution in [0.25, 0.3) is 11.0 Å². The summed E-state index contributed by atoms with van der Waals surface area (Å²) in [6, 6.07) is 14.7. The third kappa shape index (κ3) is 3.98. The molecule has 3 aromatic rings. The molecule has 1 N–H and O–H groups in total. The van der Waals surface area contributed by atoms with Gasteiger partial charge in [-0.05, 0) is 49.2 Å². The van der Waals surface area contributed by atoms with Crippen LogP contribution in [-0.4, -0.2) is 59.0 Å². The zero-order valence-electron chi connectivity index (χ0n) is 18.1. The number of hydrogen-bond acceptors (Lipinski definition) is 5. The van der Waals surface area contributed by atoms with Gasteiger partial charge in [-0.15, -0.1) is 0 Å². The van der Waals surface area contributed by atoms with Crippen LogP contribution in [0.15, 0.2) is 54.9 Å². The average molecular weight is 419 g/mol. The molecule has 1 spiro atoms. The van der Waals surface area contributed by atoms with Crippen LogP contribution < -0.4 is 0 Å². The van der Waals surface area contributed by atoms with Gasteiger partial charge in [-0.3, -0.25) is 14.6 Å².